The van der Waals surface area contributed by atoms with Crippen molar-refractivity contribution >= 4 is 41.0 Å². The molecule has 1 aromatic heterocycles. The Morgan fingerprint density at radius 2 is 2.35 bits per heavy atom. The topological polar surface area (TPSA) is 125 Å². The molecule has 120 valence electrons. The maximum atomic E-state index is 11.5. The quantitative estimate of drug-likeness (QED) is 0.688. The van der Waals surface area contributed by atoms with Crippen molar-refractivity contribution in [1.82, 2.24) is 20.6 Å². The number of carboxylic acid groups (broad SMARTS) is 1. The molecule has 1 atom stereocenters. The van der Waals surface area contributed by atoms with E-state index in [2.05, 4.69) is 20.6 Å². The Hall–Kier alpha value is -2.62. The first-order valence-electron chi connectivity index (χ1n) is 6.83. The lowest BCUT2D eigenvalue weighted by Gasteiger charge is -2.16. The zero-order valence-corrected chi connectivity index (χ0v) is 12.7. The molecule has 3 amide bonds. The zero-order valence-electron chi connectivity index (χ0n) is 11.9. The molecule has 2 aliphatic heterocycles. The standard InChI is InChI=1S/C13H13N5O4S/c19-10-9(23-13(22)17-10)5-7-1-3-14-11(15-7)18-4-2-8(6-18)16-12(20)21/h1,3,5,8,16H,2,4,6H2,(H,20,21)(H,17,19,22)/b9-5+. The van der Waals surface area contributed by atoms with E-state index >= 15 is 0 Å². The van der Waals surface area contributed by atoms with Gasteiger partial charge in [-0.3, -0.25) is 14.9 Å². The molecule has 23 heavy (non-hydrogen) atoms. The van der Waals surface area contributed by atoms with Gasteiger partial charge in [0.25, 0.3) is 11.1 Å². The number of nitrogens with zero attached hydrogens (tertiary/aromatic N) is 3. The minimum Gasteiger partial charge on any atom is -0.465 e. The van der Waals surface area contributed by atoms with Crippen LogP contribution in [0.25, 0.3) is 6.08 Å². The molecule has 0 aromatic carbocycles. The molecule has 0 radical (unpaired) electrons. The predicted octanol–water partition coefficient (Wildman–Crippen LogP) is 0.647. The third-order valence-corrected chi connectivity index (χ3v) is 4.19. The number of hydrogen-bond acceptors (Lipinski definition) is 7. The van der Waals surface area contributed by atoms with Gasteiger partial charge in [0.2, 0.25) is 5.95 Å². The molecule has 2 saturated heterocycles. The van der Waals surface area contributed by atoms with Gasteiger partial charge >= 0.3 is 6.09 Å². The van der Waals surface area contributed by atoms with Gasteiger partial charge in [-0.15, -0.1) is 0 Å². The minimum absolute atomic E-state index is 0.160. The smallest absolute Gasteiger partial charge is 0.404 e. The molecule has 0 spiro atoms. The summed E-state index contributed by atoms with van der Waals surface area (Å²) in [5.74, 6) is 0.0239. The third-order valence-electron chi connectivity index (χ3n) is 3.38. The van der Waals surface area contributed by atoms with Gasteiger partial charge in [0, 0.05) is 19.3 Å². The monoisotopic (exact) mass is 335 g/mol. The second kappa shape index (κ2) is 6.24. The zero-order chi connectivity index (χ0) is 16.4. The Bertz CT molecular complexity index is 707. The number of rotatable bonds is 3. The summed E-state index contributed by atoms with van der Waals surface area (Å²) in [5, 5.41) is 13.0. The van der Waals surface area contributed by atoms with Gasteiger partial charge in [-0.2, -0.15) is 0 Å². The first-order valence-corrected chi connectivity index (χ1v) is 7.65. The van der Waals surface area contributed by atoms with Crippen LogP contribution in [-0.2, 0) is 4.79 Å². The van der Waals surface area contributed by atoms with E-state index in [1.165, 1.54) is 6.08 Å². The number of anilines is 1. The maximum absolute atomic E-state index is 11.5. The lowest BCUT2D eigenvalue weighted by Crippen LogP contribution is -2.36. The summed E-state index contributed by atoms with van der Waals surface area (Å²) < 4.78 is 0. The second-order valence-corrected chi connectivity index (χ2v) is 6.03. The lowest BCUT2D eigenvalue weighted by atomic mass is 10.3. The van der Waals surface area contributed by atoms with E-state index < -0.39 is 17.2 Å². The van der Waals surface area contributed by atoms with Gasteiger partial charge in [-0.1, -0.05) is 0 Å². The van der Waals surface area contributed by atoms with Crippen LogP contribution in [0.3, 0.4) is 0 Å². The molecule has 1 unspecified atom stereocenters. The summed E-state index contributed by atoms with van der Waals surface area (Å²) in [4.78, 5) is 44.0. The highest BCUT2D eigenvalue weighted by atomic mass is 32.2. The fourth-order valence-corrected chi connectivity index (χ4v) is 3.05. The third kappa shape index (κ3) is 3.59. The van der Waals surface area contributed by atoms with Crippen LogP contribution in [-0.4, -0.2) is 51.4 Å². The highest BCUT2D eigenvalue weighted by Crippen LogP contribution is 2.25. The first-order chi connectivity index (χ1) is 11.0. The minimum atomic E-state index is -1.05. The van der Waals surface area contributed by atoms with Crippen LogP contribution in [0.5, 0.6) is 0 Å². The number of aromatic nitrogens is 2. The molecule has 2 aliphatic rings. The van der Waals surface area contributed by atoms with Crippen molar-refractivity contribution in [2.45, 2.75) is 12.5 Å². The molecule has 3 rings (SSSR count). The van der Waals surface area contributed by atoms with Crippen molar-refractivity contribution < 1.29 is 19.5 Å². The molecule has 0 bridgehead atoms. The number of hydrogen-bond donors (Lipinski definition) is 3. The van der Waals surface area contributed by atoms with Crippen molar-refractivity contribution in [3.63, 3.8) is 0 Å². The van der Waals surface area contributed by atoms with Crippen molar-refractivity contribution in [2.75, 3.05) is 18.0 Å². The van der Waals surface area contributed by atoms with E-state index in [-0.39, 0.29) is 10.9 Å². The largest absolute Gasteiger partial charge is 0.465 e. The fraction of sp³-hybridized carbons (Fsp3) is 0.308. The van der Waals surface area contributed by atoms with Crippen LogP contribution < -0.4 is 15.5 Å². The molecule has 0 aliphatic carbocycles. The number of amides is 3. The van der Waals surface area contributed by atoms with Gasteiger partial charge in [0.15, 0.2) is 0 Å². The molecule has 3 heterocycles. The average molecular weight is 335 g/mol. The van der Waals surface area contributed by atoms with Gasteiger partial charge in [0.05, 0.1) is 16.6 Å². The average Bonchev–Trinajstić information content (AvgIpc) is 3.06. The number of thioether (sulfide) groups is 1. The molecular weight excluding hydrogens is 322 g/mol. The van der Waals surface area contributed by atoms with E-state index in [4.69, 9.17) is 5.11 Å². The summed E-state index contributed by atoms with van der Waals surface area (Å²) in [6.07, 6.45) is 2.71. The molecule has 3 N–H and O–H groups in total. The van der Waals surface area contributed by atoms with E-state index in [9.17, 15) is 14.4 Å². The van der Waals surface area contributed by atoms with E-state index in [1.807, 2.05) is 4.90 Å². The van der Waals surface area contributed by atoms with Crippen molar-refractivity contribution in [1.29, 1.82) is 0 Å². The summed E-state index contributed by atoms with van der Waals surface area (Å²) in [7, 11) is 0. The number of carbonyl (C=O) groups excluding carboxylic acids is 2. The highest BCUT2D eigenvalue weighted by Gasteiger charge is 2.27. The molecular formula is C13H13N5O4S. The molecule has 10 heteroatoms. The summed E-state index contributed by atoms with van der Waals surface area (Å²) in [6, 6.07) is 1.47. The Morgan fingerprint density at radius 1 is 1.52 bits per heavy atom. The van der Waals surface area contributed by atoms with Crippen LogP contribution in [0.2, 0.25) is 0 Å². The molecule has 0 saturated carbocycles. The van der Waals surface area contributed by atoms with Crippen LogP contribution in [0.15, 0.2) is 17.2 Å². The summed E-state index contributed by atoms with van der Waals surface area (Å²) in [5.41, 5.74) is 0.511. The van der Waals surface area contributed by atoms with Gasteiger partial charge < -0.3 is 15.3 Å². The van der Waals surface area contributed by atoms with Crippen LogP contribution in [0.4, 0.5) is 15.5 Å². The van der Waals surface area contributed by atoms with Crippen molar-refractivity contribution in [2.24, 2.45) is 0 Å². The van der Waals surface area contributed by atoms with Gasteiger partial charge in [0.1, 0.15) is 0 Å². The molecule has 1 aromatic rings. The van der Waals surface area contributed by atoms with Crippen LogP contribution in [0.1, 0.15) is 12.1 Å². The van der Waals surface area contributed by atoms with E-state index in [0.717, 1.165) is 11.8 Å². The Kier molecular flexibility index (Phi) is 4.15. The second-order valence-electron chi connectivity index (χ2n) is 5.01. The number of nitrogens with one attached hydrogen (secondary N) is 2. The van der Waals surface area contributed by atoms with Crippen molar-refractivity contribution in [3.8, 4) is 0 Å². The SMILES string of the molecule is O=C(O)NC1CCN(c2nccc(/C=C3/SC(=O)NC3=O)n2)C1. The van der Waals surface area contributed by atoms with E-state index in [0.29, 0.717) is 31.2 Å². The summed E-state index contributed by atoms with van der Waals surface area (Å²) >= 11 is 0.826. The molecule has 9 nitrogen and oxygen atoms in total. The summed E-state index contributed by atoms with van der Waals surface area (Å²) in [6.45, 7) is 1.12. The first kappa shape index (κ1) is 15.3. The Balaban J connectivity index is 1.73. The molecule has 2 fully saturated rings. The number of carbonyl (C=O) groups is 3. The van der Waals surface area contributed by atoms with Gasteiger partial charge in [-0.25, -0.2) is 14.8 Å². The number of imide groups is 1. The fourth-order valence-electron chi connectivity index (χ4n) is 2.38. The normalized spacial score (nSPS) is 22.5. The Morgan fingerprint density at radius 3 is 3.04 bits per heavy atom. The lowest BCUT2D eigenvalue weighted by molar-refractivity contribution is -0.115. The van der Waals surface area contributed by atoms with Crippen LogP contribution in [0, 0.1) is 0 Å². The van der Waals surface area contributed by atoms with Gasteiger partial charge in [-0.05, 0) is 30.3 Å². The Labute approximate surface area is 135 Å². The predicted molar refractivity (Wildman–Crippen MR) is 82.9 cm³/mol. The van der Waals surface area contributed by atoms with Crippen molar-refractivity contribution in [3.05, 3.63) is 22.9 Å². The highest BCUT2D eigenvalue weighted by molar-refractivity contribution is 8.18. The van der Waals surface area contributed by atoms with Crippen LogP contribution >= 0.6 is 11.8 Å². The maximum Gasteiger partial charge on any atom is 0.404 e. The van der Waals surface area contributed by atoms with E-state index in [1.54, 1.807) is 12.3 Å².